The molecule has 0 aromatic heterocycles. The van der Waals surface area contributed by atoms with E-state index in [1.807, 2.05) is 0 Å². The van der Waals surface area contributed by atoms with Gasteiger partial charge in [-0.05, 0) is 43.4 Å². The fourth-order valence-corrected chi connectivity index (χ4v) is 2.15. The van der Waals surface area contributed by atoms with E-state index in [0.29, 0.717) is 0 Å². The van der Waals surface area contributed by atoms with Crippen LogP contribution in [0.2, 0.25) is 0 Å². The summed E-state index contributed by atoms with van der Waals surface area (Å²) in [5.41, 5.74) is 5.46. The molecule has 0 nitrogen and oxygen atoms in total. The van der Waals surface area contributed by atoms with Crippen LogP contribution >= 0.6 is 0 Å². The molecule has 1 aromatic rings. The van der Waals surface area contributed by atoms with E-state index < -0.39 is 0 Å². The Hall–Kier alpha value is -1.56. The molecule has 16 heavy (non-hydrogen) atoms. The summed E-state index contributed by atoms with van der Waals surface area (Å²) in [5, 5.41) is 0. The van der Waals surface area contributed by atoms with Crippen molar-refractivity contribution in [2.45, 2.75) is 26.7 Å². The van der Waals surface area contributed by atoms with Crippen LogP contribution in [0.1, 0.15) is 32.3 Å². The van der Waals surface area contributed by atoms with E-state index in [4.69, 9.17) is 0 Å². The molecular weight excluding hydrogens is 192 g/mol. The first-order valence-corrected chi connectivity index (χ1v) is 5.89. The van der Waals surface area contributed by atoms with Gasteiger partial charge in [0.05, 0.1) is 0 Å². The van der Waals surface area contributed by atoms with Crippen molar-refractivity contribution >= 4 is 5.57 Å². The third-order valence-electron chi connectivity index (χ3n) is 2.85. The highest BCUT2D eigenvalue weighted by Crippen LogP contribution is 2.29. The third-order valence-corrected chi connectivity index (χ3v) is 2.85. The third kappa shape index (κ3) is 2.33. The maximum absolute atomic E-state index is 2.34. The highest BCUT2D eigenvalue weighted by Gasteiger charge is 2.08. The SMILES string of the molecule is CC(C)=C(C1=CCCC=C1)c1ccccc1. The molecule has 0 aliphatic heterocycles. The molecule has 0 bridgehead atoms. The predicted octanol–water partition coefficient (Wildman–Crippen LogP) is 4.76. The first-order valence-electron chi connectivity index (χ1n) is 5.89. The Bertz CT molecular complexity index is 440. The minimum atomic E-state index is 1.16. The van der Waals surface area contributed by atoms with E-state index in [1.54, 1.807) is 0 Å². The first-order chi connectivity index (χ1) is 7.79. The van der Waals surface area contributed by atoms with Crippen LogP contribution in [-0.2, 0) is 0 Å². The van der Waals surface area contributed by atoms with Gasteiger partial charge in [0.2, 0.25) is 0 Å². The molecule has 0 amide bonds. The van der Waals surface area contributed by atoms with Crippen molar-refractivity contribution in [2.75, 3.05) is 0 Å². The van der Waals surface area contributed by atoms with E-state index >= 15 is 0 Å². The van der Waals surface area contributed by atoms with Gasteiger partial charge in [0.25, 0.3) is 0 Å². The second-order valence-corrected chi connectivity index (χ2v) is 4.38. The van der Waals surface area contributed by atoms with Crippen molar-refractivity contribution in [3.63, 3.8) is 0 Å². The molecule has 1 aliphatic rings. The lowest BCUT2D eigenvalue weighted by molar-refractivity contribution is 1.03. The van der Waals surface area contributed by atoms with Crippen LogP contribution in [0.15, 0.2) is 59.7 Å². The number of benzene rings is 1. The first kappa shape index (κ1) is 10.9. The Balaban J connectivity index is 2.44. The van der Waals surface area contributed by atoms with Crippen LogP contribution in [0.3, 0.4) is 0 Å². The molecule has 82 valence electrons. The summed E-state index contributed by atoms with van der Waals surface area (Å²) in [6.45, 7) is 4.37. The van der Waals surface area contributed by atoms with Gasteiger partial charge in [0, 0.05) is 0 Å². The molecule has 0 fully saturated rings. The summed E-state index contributed by atoms with van der Waals surface area (Å²) >= 11 is 0. The molecule has 0 heteroatoms. The van der Waals surface area contributed by atoms with Gasteiger partial charge in [-0.15, -0.1) is 0 Å². The van der Waals surface area contributed by atoms with Gasteiger partial charge in [-0.3, -0.25) is 0 Å². The summed E-state index contributed by atoms with van der Waals surface area (Å²) in [6, 6.07) is 10.6. The van der Waals surface area contributed by atoms with Crippen molar-refractivity contribution in [1.82, 2.24) is 0 Å². The summed E-state index contributed by atoms with van der Waals surface area (Å²) in [5.74, 6) is 0. The number of allylic oxidation sites excluding steroid dienone is 6. The standard InChI is InChI=1S/C16H18/c1-13(2)16(14-9-5-3-6-10-14)15-11-7-4-8-12-15/h3,5-7,9-12H,4,8H2,1-2H3. The summed E-state index contributed by atoms with van der Waals surface area (Å²) in [7, 11) is 0. The van der Waals surface area contributed by atoms with Crippen molar-refractivity contribution < 1.29 is 0 Å². The highest BCUT2D eigenvalue weighted by atomic mass is 14.1. The van der Waals surface area contributed by atoms with Crippen LogP contribution in [-0.4, -0.2) is 0 Å². The molecule has 2 rings (SSSR count). The maximum Gasteiger partial charge on any atom is -0.0128 e. The zero-order chi connectivity index (χ0) is 11.4. The van der Waals surface area contributed by atoms with Crippen molar-refractivity contribution in [2.24, 2.45) is 0 Å². The fourth-order valence-electron chi connectivity index (χ4n) is 2.15. The molecule has 1 aliphatic carbocycles. The van der Waals surface area contributed by atoms with E-state index in [0.717, 1.165) is 6.42 Å². The van der Waals surface area contributed by atoms with Crippen molar-refractivity contribution in [1.29, 1.82) is 0 Å². The molecule has 0 N–H and O–H groups in total. The number of hydrogen-bond donors (Lipinski definition) is 0. The monoisotopic (exact) mass is 210 g/mol. The molecular formula is C16H18. The second kappa shape index (κ2) is 4.98. The van der Waals surface area contributed by atoms with Gasteiger partial charge in [0.15, 0.2) is 0 Å². The lowest BCUT2D eigenvalue weighted by Crippen LogP contribution is -1.93. The molecule has 0 radical (unpaired) electrons. The Labute approximate surface area is 98.0 Å². The molecule has 0 unspecified atom stereocenters. The quantitative estimate of drug-likeness (QED) is 0.660. The zero-order valence-corrected chi connectivity index (χ0v) is 10.0. The van der Waals surface area contributed by atoms with Gasteiger partial charge >= 0.3 is 0 Å². The van der Waals surface area contributed by atoms with Gasteiger partial charge in [-0.25, -0.2) is 0 Å². The van der Waals surface area contributed by atoms with Crippen LogP contribution in [0.25, 0.3) is 5.57 Å². The van der Waals surface area contributed by atoms with E-state index in [2.05, 4.69) is 62.4 Å². The van der Waals surface area contributed by atoms with Crippen molar-refractivity contribution in [3.8, 4) is 0 Å². The predicted molar refractivity (Wildman–Crippen MR) is 71.2 cm³/mol. The van der Waals surface area contributed by atoms with Crippen LogP contribution in [0.4, 0.5) is 0 Å². The molecule has 0 saturated carbocycles. The molecule has 0 spiro atoms. The Kier molecular flexibility index (Phi) is 3.40. The van der Waals surface area contributed by atoms with Crippen LogP contribution < -0.4 is 0 Å². The molecule has 0 saturated heterocycles. The fraction of sp³-hybridized carbons (Fsp3) is 0.250. The van der Waals surface area contributed by atoms with Gasteiger partial charge in [0.1, 0.15) is 0 Å². The Morgan fingerprint density at radius 3 is 2.31 bits per heavy atom. The van der Waals surface area contributed by atoms with E-state index in [9.17, 15) is 0 Å². The van der Waals surface area contributed by atoms with Crippen molar-refractivity contribution in [3.05, 3.63) is 65.3 Å². The van der Waals surface area contributed by atoms with Crippen LogP contribution in [0.5, 0.6) is 0 Å². The largest absolute Gasteiger partial charge is 0.0836 e. The van der Waals surface area contributed by atoms with E-state index in [1.165, 1.54) is 28.7 Å². The minimum absolute atomic E-state index is 1.16. The van der Waals surface area contributed by atoms with Gasteiger partial charge < -0.3 is 0 Å². The Morgan fingerprint density at radius 1 is 1.00 bits per heavy atom. The second-order valence-electron chi connectivity index (χ2n) is 4.38. The zero-order valence-electron chi connectivity index (χ0n) is 10.0. The molecule has 1 aromatic carbocycles. The lowest BCUT2D eigenvalue weighted by atomic mass is 9.91. The van der Waals surface area contributed by atoms with Gasteiger partial charge in [-0.1, -0.05) is 54.1 Å². The summed E-state index contributed by atoms with van der Waals surface area (Å²) in [4.78, 5) is 0. The lowest BCUT2D eigenvalue weighted by Gasteiger charge is -2.14. The summed E-state index contributed by atoms with van der Waals surface area (Å²) in [6.07, 6.45) is 9.19. The molecule has 0 heterocycles. The smallest absolute Gasteiger partial charge is 0.0128 e. The highest BCUT2D eigenvalue weighted by molar-refractivity contribution is 5.83. The van der Waals surface area contributed by atoms with Crippen LogP contribution in [0, 0.1) is 0 Å². The normalized spacial score (nSPS) is 14.5. The van der Waals surface area contributed by atoms with E-state index in [-0.39, 0.29) is 0 Å². The summed E-state index contributed by atoms with van der Waals surface area (Å²) < 4.78 is 0. The average Bonchev–Trinajstić information content (AvgIpc) is 2.31. The maximum atomic E-state index is 2.34. The number of rotatable bonds is 2. The average molecular weight is 210 g/mol. The Morgan fingerprint density at radius 2 is 1.75 bits per heavy atom. The minimum Gasteiger partial charge on any atom is -0.0836 e. The topological polar surface area (TPSA) is 0 Å². The van der Waals surface area contributed by atoms with Gasteiger partial charge in [-0.2, -0.15) is 0 Å². The number of hydrogen-bond acceptors (Lipinski definition) is 0. The molecule has 0 atom stereocenters.